The van der Waals surface area contributed by atoms with Gasteiger partial charge in [0.2, 0.25) is 0 Å². The van der Waals surface area contributed by atoms with Crippen LogP contribution in [0.1, 0.15) is 56.2 Å². The topological polar surface area (TPSA) is 68.0 Å². The van der Waals surface area contributed by atoms with E-state index in [9.17, 15) is 4.79 Å². The molecule has 1 amide bonds. The van der Waals surface area contributed by atoms with E-state index in [1.54, 1.807) is 12.1 Å². The zero-order valence-electron chi connectivity index (χ0n) is 14.6. The first kappa shape index (κ1) is 16.7. The Morgan fingerprint density at radius 2 is 2.04 bits per heavy atom. The van der Waals surface area contributed by atoms with Crippen LogP contribution in [-0.2, 0) is 6.42 Å². The second-order valence-corrected chi connectivity index (χ2v) is 7.30. The highest BCUT2D eigenvalue weighted by molar-refractivity contribution is 5.94. The van der Waals surface area contributed by atoms with Crippen molar-refractivity contribution in [1.82, 2.24) is 15.5 Å². The van der Waals surface area contributed by atoms with Crippen LogP contribution < -0.4 is 5.32 Å². The molecule has 1 aliphatic carbocycles. The maximum absolute atomic E-state index is 12.2. The molecule has 0 saturated heterocycles. The highest BCUT2D eigenvalue weighted by Gasteiger charge is 2.45. The van der Waals surface area contributed by atoms with Crippen molar-refractivity contribution in [2.75, 3.05) is 6.54 Å². The van der Waals surface area contributed by atoms with Gasteiger partial charge in [0, 0.05) is 24.1 Å². The monoisotopic (exact) mass is 327 g/mol. The SMILES string of the molecule is CCCCc1noc(-c2ccc(C(=O)NCC3CC3(C)C)cc2)n1. The van der Waals surface area contributed by atoms with E-state index in [-0.39, 0.29) is 5.91 Å². The number of aromatic nitrogens is 2. The van der Waals surface area contributed by atoms with Crippen LogP contribution in [0.15, 0.2) is 28.8 Å². The summed E-state index contributed by atoms with van der Waals surface area (Å²) < 4.78 is 5.30. The third-order valence-electron chi connectivity index (χ3n) is 4.84. The number of nitrogens with zero attached hydrogens (tertiary/aromatic N) is 2. The summed E-state index contributed by atoms with van der Waals surface area (Å²) in [5.74, 6) is 1.81. The second kappa shape index (κ2) is 6.75. The van der Waals surface area contributed by atoms with Crippen molar-refractivity contribution in [1.29, 1.82) is 0 Å². The lowest BCUT2D eigenvalue weighted by molar-refractivity contribution is 0.0950. The molecule has 1 aromatic heterocycles. The standard InChI is InChI=1S/C19H25N3O2/c1-4-5-6-16-21-18(24-22-16)14-9-7-13(8-10-14)17(23)20-12-15-11-19(15,2)3/h7-10,15H,4-6,11-12H2,1-3H3,(H,20,23). The summed E-state index contributed by atoms with van der Waals surface area (Å²) in [5, 5.41) is 7.00. The fourth-order valence-corrected chi connectivity index (χ4v) is 2.81. The zero-order valence-corrected chi connectivity index (χ0v) is 14.6. The Kier molecular flexibility index (Phi) is 4.69. The second-order valence-electron chi connectivity index (χ2n) is 7.30. The summed E-state index contributed by atoms with van der Waals surface area (Å²) in [5.41, 5.74) is 1.87. The molecule has 0 aliphatic heterocycles. The van der Waals surface area contributed by atoms with Crippen molar-refractivity contribution in [2.24, 2.45) is 11.3 Å². The highest BCUT2D eigenvalue weighted by Crippen LogP contribution is 2.50. The smallest absolute Gasteiger partial charge is 0.257 e. The van der Waals surface area contributed by atoms with Gasteiger partial charge in [-0.05, 0) is 48.4 Å². The van der Waals surface area contributed by atoms with Gasteiger partial charge >= 0.3 is 0 Å². The van der Waals surface area contributed by atoms with E-state index in [0.29, 0.717) is 22.8 Å². The highest BCUT2D eigenvalue weighted by atomic mass is 16.5. The minimum atomic E-state index is -0.0292. The van der Waals surface area contributed by atoms with Crippen LogP contribution >= 0.6 is 0 Å². The molecule has 1 N–H and O–H groups in total. The third-order valence-corrected chi connectivity index (χ3v) is 4.84. The quantitative estimate of drug-likeness (QED) is 0.838. The molecule has 2 aromatic rings. The van der Waals surface area contributed by atoms with Gasteiger partial charge in [0.1, 0.15) is 0 Å². The number of carbonyl (C=O) groups excluding carboxylic acids is 1. The average Bonchev–Trinajstić information content (AvgIpc) is 2.98. The lowest BCUT2D eigenvalue weighted by Crippen LogP contribution is -2.26. The predicted octanol–water partition coefficient (Wildman–Crippen LogP) is 3.86. The third kappa shape index (κ3) is 3.83. The molecule has 1 aliphatic rings. The lowest BCUT2D eigenvalue weighted by Gasteiger charge is -2.06. The van der Waals surface area contributed by atoms with Crippen LogP contribution in [0.25, 0.3) is 11.5 Å². The molecule has 0 radical (unpaired) electrons. The fraction of sp³-hybridized carbons (Fsp3) is 0.526. The Bertz CT molecular complexity index is 704. The summed E-state index contributed by atoms with van der Waals surface area (Å²) in [4.78, 5) is 16.6. The lowest BCUT2D eigenvalue weighted by atomic mass is 10.1. The molecule has 5 heteroatoms. The number of carbonyl (C=O) groups is 1. The van der Waals surface area contributed by atoms with Crippen LogP contribution in [0, 0.1) is 11.3 Å². The van der Waals surface area contributed by atoms with Gasteiger partial charge in [0.15, 0.2) is 5.82 Å². The summed E-state index contributed by atoms with van der Waals surface area (Å²) >= 11 is 0. The van der Waals surface area contributed by atoms with E-state index in [1.807, 2.05) is 12.1 Å². The molecule has 0 bridgehead atoms. The Morgan fingerprint density at radius 3 is 2.67 bits per heavy atom. The first-order valence-corrected chi connectivity index (χ1v) is 8.71. The number of nitrogens with one attached hydrogen (secondary N) is 1. The Morgan fingerprint density at radius 1 is 1.33 bits per heavy atom. The number of benzene rings is 1. The molecule has 1 heterocycles. The van der Waals surface area contributed by atoms with Crippen LogP contribution in [0.3, 0.4) is 0 Å². The molecule has 24 heavy (non-hydrogen) atoms. The summed E-state index contributed by atoms with van der Waals surface area (Å²) in [6.45, 7) is 7.35. The number of aryl methyl sites for hydroxylation is 1. The molecule has 1 atom stereocenters. The van der Waals surface area contributed by atoms with Crippen LogP contribution in [0.4, 0.5) is 0 Å². The Labute approximate surface area is 142 Å². The number of unbranched alkanes of at least 4 members (excludes halogenated alkanes) is 1. The van der Waals surface area contributed by atoms with Gasteiger partial charge in [-0.3, -0.25) is 4.79 Å². The Balaban J connectivity index is 1.58. The fourth-order valence-electron chi connectivity index (χ4n) is 2.81. The Hall–Kier alpha value is -2.17. The first-order valence-electron chi connectivity index (χ1n) is 8.71. The van der Waals surface area contributed by atoms with Crippen LogP contribution in [0.2, 0.25) is 0 Å². The largest absolute Gasteiger partial charge is 0.352 e. The molecular weight excluding hydrogens is 302 g/mol. The summed E-state index contributed by atoms with van der Waals surface area (Å²) in [7, 11) is 0. The van der Waals surface area contributed by atoms with Crippen molar-refractivity contribution in [3.05, 3.63) is 35.7 Å². The van der Waals surface area contributed by atoms with E-state index in [1.165, 1.54) is 6.42 Å². The summed E-state index contributed by atoms with van der Waals surface area (Å²) in [6.07, 6.45) is 4.17. The molecule has 1 aromatic carbocycles. The van der Waals surface area contributed by atoms with E-state index >= 15 is 0 Å². The average molecular weight is 327 g/mol. The van der Waals surface area contributed by atoms with Gasteiger partial charge in [0.05, 0.1) is 0 Å². The van der Waals surface area contributed by atoms with Gasteiger partial charge < -0.3 is 9.84 Å². The minimum absolute atomic E-state index is 0.0292. The molecule has 1 saturated carbocycles. The molecule has 128 valence electrons. The molecule has 1 unspecified atom stereocenters. The van der Waals surface area contributed by atoms with Crippen LogP contribution in [-0.4, -0.2) is 22.6 Å². The number of hydrogen-bond donors (Lipinski definition) is 1. The van der Waals surface area contributed by atoms with E-state index < -0.39 is 0 Å². The van der Waals surface area contributed by atoms with Crippen LogP contribution in [0.5, 0.6) is 0 Å². The normalized spacial score (nSPS) is 18.4. The number of rotatable bonds is 7. The van der Waals surface area contributed by atoms with E-state index in [0.717, 1.165) is 37.2 Å². The summed E-state index contributed by atoms with van der Waals surface area (Å²) in [6, 6.07) is 7.32. The molecular formula is C19H25N3O2. The molecule has 0 spiro atoms. The van der Waals surface area contributed by atoms with Crippen molar-refractivity contribution in [3.63, 3.8) is 0 Å². The van der Waals surface area contributed by atoms with Crippen molar-refractivity contribution in [3.8, 4) is 11.5 Å². The van der Waals surface area contributed by atoms with Crippen molar-refractivity contribution in [2.45, 2.75) is 46.5 Å². The van der Waals surface area contributed by atoms with Gasteiger partial charge in [-0.25, -0.2) is 0 Å². The van der Waals surface area contributed by atoms with Gasteiger partial charge in [-0.15, -0.1) is 0 Å². The maximum Gasteiger partial charge on any atom is 0.257 e. The number of amides is 1. The molecule has 1 fully saturated rings. The maximum atomic E-state index is 12.2. The van der Waals surface area contributed by atoms with Crippen molar-refractivity contribution >= 4 is 5.91 Å². The van der Waals surface area contributed by atoms with Crippen molar-refractivity contribution < 1.29 is 9.32 Å². The van der Waals surface area contributed by atoms with E-state index in [4.69, 9.17) is 4.52 Å². The van der Waals surface area contributed by atoms with Gasteiger partial charge in [-0.2, -0.15) is 4.98 Å². The first-order chi connectivity index (χ1) is 11.5. The van der Waals surface area contributed by atoms with E-state index in [2.05, 4.69) is 36.2 Å². The number of hydrogen-bond acceptors (Lipinski definition) is 4. The molecule has 5 nitrogen and oxygen atoms in total. The van der Waals surface area contributed by atoms with Gasteiger partial charge in [-0.1, -0.05) is 32.3 Å². The minimum Gasteiger partial charge on any atom is -0.352 e. The van der Waals surface area contributed by atoms with Gasteiger partial charge in [0.25, 0.3) is 11.8 Å². The molecule has 3 rings (SSSR count). The zero-order chi connectivity index (χ0) is 17.2. The predicted molar refractivity (Wildman–Crippen MR) is 92.6 cm³/mol.